The van der Waals surface area contributed by atoms with Gasteiger partial charge >= 0.3 is 5.97 Å². The summed E-state index contributed by atoms with van der Waals surface area (Å²) in [4.78, 5) is 43.9. The van der Waals surface area contributed by atoms with Crippen LogP contribution < -0.4 is 10.6 Å². The third-order valence-corrected chi connectivity index (χ3v) is 3.96. The number of carbonyl (C=O) groups is 3. The predicted octanol–water partition coefficient (Wildman–Crippen LogP) is 2.01. The molecule has 142 valence electrons. The number of benzene rings is 2. The van der Waals surface area contributed by atoms with Gasteiger partial charge in [0.05, 0.1) is 16.7 Å². The Morgan fingerprint density at radius 1 is 1.07 bits per heavy atom. The van der Waals surface area contributed by atoms with E-state index < -0.39 is 17.9 Å². The molecule has 1 heterocycles. The van der Waals surface area contributed by atoms with Crippen LogP contribution in [0.4, 0.5) is 5.69 Å². The topological polar surface area (TPSA) is 121 Å². The molecule has 0 bridgehead atoms. The van der Waals surface area contributed by atoms with Gasteiger partial charge in [0, 0.05) is 30.8 Å². The maximum Gasteiger partial charge on any atom is 0.326 e. The Morgan fingerprint density at radius 2 is 1.82 bits per heavy atom. The van der Waals surface area contributed by atoms with Crippen molar-refractivity contribution in [2.45, 2.75) is 19.4 Å². The van der Waals surface area contributed by atoms with Gasteiger partial charge in [0.2, 0.25) is 5.91 Å². The smallest absolute Gasteiger partial charge is 0.326 e. The lowest BCUT2D eigenvalue weighted by molar-refractivity contribution is -0.139. The largest absolute Gasteiger partial charge is 0.480 e. The normalized spacial score (nSPS) is 11.6. The van der Waals surface area contributed by atoms with Crippen LogP contribution in [0.3, 0.4) is 0 Å². The van der Waals surface area contributed by atoms with Crippen molar-refractivity contribution in [1.29, 1.82) is 0 Å². The van der Waals surface area contributed by atoms with E-state index in [1.165, 1.54) is 25.3 Å². The Balaban J connectivity index is 1.76. The highest BCUT2D eigenvalue weighted by Crippen LogP contribution is 2.12. The standard InChI is InChI=1S/C20H18N4O4/c1-12(25)22-14-6-4-5-13(9-14)19(26)24-18(20(27)28)10-15-11-21-16-7-2-3-8-17(16)23-15/h2-9,11,18H,10H2,1H3,(H,22,25)(H,24,26)(H,27,28)/t18-/m1/s1. The number of para-hydroxylation sites is 2. The summed E-state index contributed by atoms with van der Waals surface area (Å²) in [5, 5.41) is 14.6. The zero-order chi connectivity index (χ0) is 20.1. The first kappa shape index (κ1) is 19.0. The summed E-state index contributed by atoms with van der Waals surface area (Å²) in [5.74, 6) is -2.01. The summed E-state index contributed by atoms with van der Waals surface area (Å²) < 4.78 is 0. The van der Waals surface area contributed by atoms with E-state index in [1.807, 2.05) is 18.2 Å². The zero-order valence-electron chi connectivity index (χ0n) is 15.0. The van der Waals surface area contributed by atoms with E-state index in [4.69, 9.17) is 0 Å². The summed E-state index contributed by atoms with van der Waals surface area (Å²) >= 11 is 0. The van der Waals surface area contributed by atoms with E-state index in [9.17, 15) is 19.5 Å². The molecule has 2 amide bonds. The van der Waals surface area contributed by atoms with Crippen molar-refractivity contribution in [3.8, 4) is 0 Å². The minimum absolute atomic E-state index is 0.00963. The van der Waals surface area contributed by atoms with Crippen LogP contribution in [0.25, 0.3) is 11.0 Å². The van der Waals surface area contributed by atoms with E-state index in [0.29, 0.717) is 22.4 Å². The first-order chi connectivity index (χ1) is 13.4. The molecule has 3 aromatic rings. The number of carboxylic acids is 1. The summed E-state index contributed by atoms with van der Waals surface area (Å²) in [5.41, 5.74) is 2.50. The number of hydrogen-bond acceptors (Lipinski definition) is 5. The number of nitrogens with one attached hydrogen (secondary N) is 2. The van der Waals surface area contributed by atoms with E-state index in [2.05, 4.69) is 20.6 Å². The molecule has 1 aromatic heterocycles. The fourth-order valence-electron chi connectivity index (χ4n) is 2.69. The number of rotatable bonds is 6. The van der Waals surface area contributed by atoms with E-state index in [-0.39, 0.29) is 17.9 Å². The SMILES string of the molecule is CC(=O)Nc1cccc(C(=O)N[C@H](Cc2cnc3ccccc3n2)C(=O)O)c1. The number of aromatic nitrogens is 2. The summed E-state index contributed by atoms with van der Waals surface area (Å²) in [6.45, 7) is 1.36. The minimum Gasteiger partial charge on any atom is -0.480 e. The Morgan fingerprint density at radius 3 is 2.54 bits per heavy atom. The lowest BCUT2D eigenvalue weighted by atomic mass is 10.1. The Hall–Kier alpha value is -3.81. The molecule has 8 heteroatoms. The molecule has 0 fully saturated rings. The van der Waals surface area contributed by atoms with Crippen molar-refractivity contribution in [3.05, 3.63) is 66.0 Å². The van der Waals surface area contributed by atoms with Crippen LogP contribution in [-0.4, -0.2) is 38.9 Å². The van der Waals surface area contributed by atoms with Crippen molar-refractivity contribution in [3.63, 3.8) is 0 Å². The summed E-state index contributed by atoms with van der Waals surface area (Å²) in [6, 6.07) is 12.3. The third kappa shape index (κ3) is 4.67. The van der Waals surface area contributed by atoms with Crippen molar-refractivity contribution in [2.75, 3.05) is 5.32 Å². The fraction of sp³-hybridized carbons (Fsp3) is 0.150. The van der Waals surface area contributed by atoms with Gasteiger partial charge in [-0.15, -0.1) is 0 Å². The number of aliphatic carboxylic acids is 1. The first-order valence-electron chi connectivity index (χ1n) is 8.54. The quantitative estimate of drug-likeness (QED) is 0.603. The second-order valence-corrected chi connectivity index (χ2v) is 6.18. The van der Waals surface area contributed by atoms with Gasteiger partial charge in [-0.3, -0.25) is 14.6 Å². The molecule has 0 aliphatic heterocycles. The van der Waals surface area contributed by atoms with Gasteiger partial charge < -0.3 is 15.7 Å². The molecular weight excluding hydrogens is 360 g/mol. The lowest BCUT2D eigenvalue weighted by Gasteiger charge is -2.15. The molecule has 3 N–H and O–H groups in total. The highest BCUT2D eigenvalue weighted by Gasteiger charge is 2.22. The Labute approximate surface area is 160 Å². The monoisotopic (exact) mass is 378 g/mol. The van der Waals surface area contributed by atoms with Crippen LogP contribution in [-0.2, 0) is 16.0 Å². The average Bonchev–Trinajstić information content (AvgIpc) is 2.67. The number of hydrogen-bond donors (Lipinski definition) is 3. The number of anilines is 1. The molecule has 28 heavy (non-hydrogen) atoms. The fourth-order valence-corrected chi connectivity index (χ4v) is 2.69. The van der Waals surface area contributed by atoms with Crippen molar-refractivity contribution >= 4 is 34.5 Å². The molecule has 8 nitrogen and oxygen atoms in total. The lowest BCUT2D eigenvalue weighted by Crippen LogP contribution is -2.42. The number of amides is 2. The second-order valence-electron chi connectivity index (χ2n) is 6.18. The van der Waals surface area contributed by atoms with Gasteiger partial charge in [0.15, 0.2) is 0 Å². The minimum atomic E-state index is -1.18. The molecule has 0 aliphatic carbocycles. The summed E-state index contributed by atoms with van der Waals surface area (Å²) in [6.07, 6.45) is 1.49. The zero-order valence-corrected chi connectivity index (χ0v) is 15.0. The number of carboxylic acid groups (broad SMARTS) is 1. The molecular formula is C20H18N4O4. The highest BCUT2D eigenvalue weighted by molar-refractivity contribution is 5.98. The molecule has 0 radical (unpaired) electrons. The molecule has 0 saturated carbocycles. The molecule has 3 rings (SSSR count). The predicted molar refractivity (Wildman–Crippen MR) is 103 cm³/mol. The van der Waals surface area contributed by atoms with Crippen LogP contribution in [0.15, 0.2) is 54.7 Å². The van der Waals surface area contributed by atoms with Crippen LogP contribution >= 0.6 is 0 Å². The van der Waals surface area contributed by atoms with Crippen LogP contribution in [0, 0.1) is 0 Å². The van der Waals surface area contributed by atoms with E-state index >= 15 is 0 Å². The van der Waals surface area contributed by atoms with Gasteiger partial charge in [-0.1, -0.05) is 18.2 Å². The van der Waals surface area contributed by atoms with Gasteiger partial charge in [0.1, 0.15) is 6.04 Å². The Bertz CT molecular complexity index is 1050. The molecule has 0 spiro atoms. The van der Waals surface area contributed by atoms with Crippen LogP contribution in [0.1, 0.15) is 23.0 Å². The molecule has 2 aromatic carbocycles. The maximum absolute atomic E-state index is 12.5. The van der Waals surface area contributed by atoms with E-state index in [0.717, 1.165) is 0 Å². The average molecular weight is 378 g/mol. The molecule has 0 aliphatic rings. The van der Waals surface area contributed by atoms with Crippen molar-refractivity contribution in [1.82, 2.24) is 15.3 Å². The van der Waals surface area contributed by atoms with Crippen molar-refractivity contribution < 1.29 is 19.5 Å². The Kier molecular flexibility index (Phi) is 5.59. The van der Waals surface area contributed by atoms with E-state index in [1.54, 1.807) is 18.2 Å². The van der Waals surface area contributed by atoms with Crippen LogP contribution in [0.5, 0.6) is 0 Å². The van der Waals surface area contributed by atoms with Gasteiger partial charge in [0.25, 0.3) is 5.91 Å². The van der Waals surface area contributed by atoms with Crippen molar-refractivity contribution in [2.24, 2.45) is 0 Å². The van der Waals surface area contributed by atoms with Gasteiger partial charge in [-0.2, -0.15) is 0 Å². The maximum atomic E-state index is 12.5. The third-order valence-electron chi connectivity index (χ3n) is 3.96. The highest BCUT2D eigenvalue weighted by atomic mass is 16.4. The number of nitrogens with zero attached hydrogens (tertiary/aromatic N) is 2. The number of fused-ring (bicyclic) bond motifs is 1. The molecule has 0 unspecified atom stereocenters. The van der Waals surface area contributed by atoms with Gasteiger partial charge in [-0.05, 0) is 30.3 Å². The first-order valence-corrected chi connectivity index (χ1v) is 8.54. The summed E-state index contributed by atoms with van der Waals surface area (Å²) in [7, 11) is 0. The van der Waals surface area contributed by atoms with Crippen LogP contribution in [0.2, 0.25) is 0 Å². The second kappa shape index (κ2) is 8.26. The molecule has 0 saturated heterocycles. The number of carbonyl (C=O) groups excluding carboxylic acids is 2. The van der Waals surface area contributed by atoms with Gasteiger partial charge in [-0.25, -0.2) is 9.78 Å². The molecule has 1 atom stereocenters.